The summed E-state index contributed by atoms with van der Waals surface area (Å²) in [6.07, 6.45) is 1.99. The Morgan fingerprint density at radius 1 is 1.60 bits per heavy atom. The number of hydrogen-bond donors (Lipinski definition) is 0. The second-order valence-corrected chi connectivity index (χ2v) is 2.99. The molecule has 2 nitrogen and oxygen atoms in total. The van der Waals surface area contributed by atoms with Crippen molar-refractivity contribution in [2.45, 2.75) is 19.8 Å². The molecule has 0 saturated carbocycles. The highest BCUT2D eigenvalue weighted by Crippen LogP contribution is 2.17. The average Bonchev–Trinajstić information content (AvgIpc) is 1.84. The van der Waals surface area contributed by atoms with Gasteiger partial charge in [-0.05, 0) is 18.9 Å². The predicted octanol–water partition coefficient (Wildman–Crippen LogP) is 1.24. The lowest BCUT2D eigenvalue weighted by molar-refractivity contribution is 0.104. The lowest BCUT2D eigenvalue weighted by Gasteiger charge is -2.37. The molecule has 10 heavy (non-hydrogen) atoms. The van der Waals surface area contributed by atoms with Crippen molar-refractivity contribution in [1.82, 2.24) is 4.90 Å². The highest BCUT2D eigenvalue weighted by molar-refractivity contribution is 4.86. The van der Waals surface area contributed by atoms with Crippen LogP contribution in [0, 0.1) is 17.2 Å². The Kier molecular flexibility index (Phi) is 2.70. The molecule has 1 fully saturated rings. The Morgan fingerprint density at radius 2 is 2.30 bits per heavy atom. The molecule has 0 N–H and O–H groups in total. The second kappa shape index (κ2) is 3.58. The van der Waals surface area contributed by atoms with Crippen LogP contribution in [-0.2, 0) is 0 Å². The minimum Gasteiger partial charge on any atom is -0.303 e. The lowest BCUT2D eigenvalue weighted by atomic mass is 9.97. The Labute approximate surface area is 62.4 Å². The molecular weight excluding hydrogens is 124 g/mol. The van der Waals surface area contributed by atoms with Crippen LogP contribution in [0.3, 0.4) is 0 Å². The summed E-state index contributed by atoms with van der Waals surface area (Å²) >= 11 is 0. The van der Waals surface area contributed by atoms with Gasteiger partial charge in [0.15, 0.2) is 0 Å². The third-order valence-corrected chi connectivity index (χ3v) is 1.95. The van der Waals surface area contributed by atoms with Gasteiger partial charge in [-0.1, -0.05) is 6.92 Å². The number of rotatable bonds is 3. The van der Waals surface area contributed by atoms with Gasteiger partial charge in [-0.15, -0.1) is 0 Å². The zero-order valence-corrected chi connectivity index (χ0v) is 6.51. The Balaban J connectivity index is 2.02. The average molecular weight is 138 g/mol. The molecule has 0 amide bonds. The molecule has 0 aromatic heterocycles. The smallest absolute Gasteiger partial charge is 0.0625 e. The number of nitrogens with zero attached hydrogens (tertiary/aromatic N) is 2. The molecule has 2 heteroatoms. The summed E-state index contributed by atoms with van der Waals surface area (Å²) in [5.74, 6) is 0.677. The Bertz CT molecular complexity index is 131. The fraction of sp³-hybridized carbons (Fsp3) is 0.875. The van der Waals surface area contributed by atoms with Crippen LogP contribution >= 0.6 is 0 Å². The lowest BCUT2D eigenvalue weighted by Crippen LogP contribution is -2.46. The standard InChI is InChI=1S/C8H14N2/c1-2-5-10-6-8(7-10)3-4-9/h8H,2-3,5-7H2,1H3. The molecule has 0 spiro atoms. The third-order valence-electron chi connectivity index (χ3n) is 1.95. The summed E-state index contributed by atoms with van der Waals surface area (Å²) in [6.45, 7) is 5.71. The number of likely N-dealkylation sites (tertiary alicyclic amines) is 1. The monoisotopic (exact) mass is 138 g/mol. The fourth-order valence-corrected chi connectivity index (χ4v) is 1.43. The second-order valence-electron chi connectivity index (χ2n) is 2.99. The van der Waals surface area contributed by atoms with Crippen molar-refractivity contribution < 1.29 is 0 Å². The van der Waals surface area contributed by atoms with E-state index in [0.717, 1.165) is 19.5 Å². The van der Waals surface area contributed by atoms with Crippen LogP contribution in [0.1, 0.15) is 19.8 Å². The number of nitriles is 1. The molecule has 0 radical (unpaired) electrons. The maximum Gasteiger partial charge on any atom is 0.0625 e. The minimum atomic E-state index is 0.677. The normalized spacial score (nSPS) is 20.0. The first-order valence-electron chi connectivity index (χ1n) is 3.96. The molecule has 0 bridgehead atoms. The molecule has 56 valence electrons. The van der Waals surface area contributed by atoms with E-state index < -0.39 is 0 Å². The van der Waals surface area contributed by atoms with Gasteiger partial charge in [0, 0.05) is 19.5 Å². The molecule has 1 saturated heterocycles. The largest absolute Gasteiger partial charge is 0.303 e. The third kappa shape index (κ3) is 1.71. The first-order valence-corrected chi connectivity index (χ1v) is 3.96. The maximum absolute atomic E-state index is 8.35. The van der Waals surface area contributed by atoms with E-state index >= 15 is 0 Å². The van der Waals surface area contributed by atoms with Crippen LogP contribution in [0.5, 0.6) is 0 Å². The number of hydrogen-bond acceptors (Lipinski definition) is 2. The van der Waals surface area contributed by atoms with E-state index in [0.29, 0.717) is 5.92 Å². The molecular formula is C8H14N2. The molecule has 0 aromatic carbocycles. The van der Waals surface area contributed by atoms with Gasteiger partial charge < -0.3 is 4.90 Å². The van der Waals surface area contributed by atoms with Crippen molar-refractivity contribution in [2.75, 3.05) is 19.6 Å². The van der Waals surface area contributed by atoms with E-state index in [4.69, 9.17) is 5.26 Å². The van der Waals surface area contributed by atoms with Gasteiger partial charge >= 0.3 is 0 Å². The van der Waals surface area contributed by atoms with E-state index in [1.807, 2.05) is 0 Å². The topological polar surface area (TPSA) is 27.0 Å². The van der Waals surface area contributed by atoms with Gasteiger partial charge in [0.2, 0.25) is 0 Å². The Hall–Kier alpha value is -0.550. The van der Waals surface area contributed by atoms with Crippen molar-refractivity contribution in [3.63, 3.8) is 0 Å². The van der Waals surface area contributed by atoms with Gasteiger partial charge in [-0.3, -0.25) is 0 Å². The zero-order valence-electron chi connectivity index (χ0n) is 6.51. The predicted molar refractivity (Wildman–Crippen MR) is 40.5 cm³/mol. The maximum atomic E-state index is 8.35. The van der Waals surface area contributed by atoms with Crippen LogP contribution in [0.25, 0.3) is 0 Å². The van der Waals surface area contributed by atoms with Gasteiger partial charge in [-0.2, -0.15) is 5.26 Å². The van der Waals surface area contributed by atoms with Gasteiger partial charge in [-0.25, -0.2) is 0 Å². The van der Waals surface area contributed by atoms with Crippen LogP contribution in [0.15, 0.2) is 0 Å². The fourth-order valence-electron chi connectivity index (χ4n) is 1.43. The SMILES string of the molecule is CCCN1CC(CC#N)C1. The summed E-state index contributed by atoms with van der Waals surface area (Å²) in [5, 5.41) is 8.35. The van der Waals surface area contributed by atoms with Gasteiger partial charge in [0.1, 0.15) is 0 Å². The van der Waals surface area contributed by atoms with E-state index in [1.54, 1.807) is 0 Å². The summed E-state index contributed by atoms with van der Waals surface area (Å²) in [5.41, 5.74) is 0. The van der Waals surface area contributed by atoms with Crippen molar-refractivity contribution in [3.05, 3.63) is 0 Å². The molecule has 1 aliphatic rings. The summed E-state index contributed by atoms with van der Waals surface area (Å²) in [7, 11) is 0. The molecule has 1 rings (SSSR count). The van der Waals surface area contributed by atoms with Crippen LogP contribution < -0.4 is 0 Å². The van der Waals surface area contributed by atoms with Gasteiger partial charge in [0.25, 0.3) is 0 Å². The summed E-state index contributed by atoms with van der Waals surface area (Å²) in [6, 6.07) is 2.21. The first kappa shape index (κ1) is 7.56. The summed E-state index contributed by atoms with van der Waals surface area (Å²) in [4.78, 5) is 2.40. The van der Waals surface area contributed by atoms with E-state index in [1.165, 1.54) is 13.0 Å². The van der Waals surface area contributed by atoms with Crippen molar-refractivity contribution in [2.24, 2.45) is 5.92 Å². The summed E-state index contributed by atoms with van der Waals surface area (Å²) < 4.78 is 0. The van der Waals surface area contributed by atoms with Crippen LogP contribution in [0.2, 0.25) is 0 Å². The van der Waals surface area contributed by atoms with E-state index in [9.17, 15) is 0 Å². The molecule has 1 heterocycles. The first-order chi connectivity index (χ1) is 4.86. The van der Waals surface area contributed by atoms with Gasteiger partial charge in [0.05, 0.1) is 6.07 Å². The highest BCUT2D eigenvalue weighted by atomic mass is 15.2. The van der Waals surface area contributed by atoms with Crippen molar-refractivity contribution >= 4 is 0 Å². The van der Waals surface area contributed by atoms with Crippen molar-refractivity contribution in [3.8, 4) is 6.07 Å². The highest BCUT2D eigenvalue weighted by Gasteiger charge is 2.24. The molecule has 1 aliphatic heterocycles. The van der Waals surface area contributed by atoms with E-state index in [-0.39, 0.29) is 0 Å². The zero-order chi connectivity index (χ0) is 7.40. The van der Waals surface area contributed by atoms with Crippen LogP contribution in [0.4, 0.5) is 0 Å². The quantitative estimate of drug-likeness (QED) is 0.586. The minimum absolute atomic E-state index is 0.677. The molecule has 0 aromatic rings. The molecule has 0 aliphatic carbocycles. The van der Waals surface area contributed by atoms with Crippen molar-refractivity contribution in [1.29, 1.82) is 5.26 Å². The molecule has 0 atom stereocenters. The van der Waals surface area contributed by atoms with Crippen LogP contribution in [-0.4, -0.2) is 24.5 Å². The van der Waals surface area contributed by atoms with E-state index in [2.05, 4.69) is 17.9 Å². The Morgan fingerprint density at radius 3 is 2.80 bits per heavy atom. The molecule has 0 unspecified atom stereocenters.